The van der Waals surface area contributed by atoms with Crippen LogP contribution < -0.4 is 0 Å². The molecule has 0 saturated carbocycles. The number of benzene rings is 1. The van der Waals surface area contributed by atoms with Gasteiger partial charge in [0.2, 0.25) is 0 Å². The molecule has 20 heavy (non-hydrogen) atoms. The second-order valence-corrected chi connectivity index (χ2v) is 4.02. The van der Waals surface area contributed by atoms with Crippen LogP contribution in [0.5, 0.6) is 0 Å². The monoisotopic (exact) mass is 289 g/mol. The summed E-state index contributed by atoms with van der Waals surface area (Å²) in [5.74, 6) is -1.60. The fourth-order valence-electron chi connectivity index (χ4n) is 1.54. The molecule has 0 aromatic heterocycles. The number of alkyl halides is 3. The lowest BCUT2D eigenvalue weighted by molar-refractivity contribution is -0.137. The van der Waals surface area contributed by atoms with Crippen molar-refractivity contribution in [3.8, 4) is 6.07 Å². The predicted molar refractivity (Wildman–Crippen MR) is 59.6 cm³/mol. The number of carbonyl (C=O) groups is 1. The highest BCUT2D eigenvalue weighted by atomic mass is 19.4. The number of aliphatic hydroxyl groups is 2. The van der Waals surface area contributed by atoms with Crippen LogP contribution in [0.4, 0.5) is 13.2 Å². The molecule has 0 spiro atoms. The van der Waals surface area contributed by atoms with Gasteiger partial charge in [-0.15, -0.1) is 0 Å². The number of hydrogen-bond donors (Lipinski definition) is 3. The first-order valence-corrected chi connectivity index (χ1v) is 5.35. The number of halogens is 3. The lowest BCUT2D eigenvalue weighted by atomic mass is 9.97. The molecule has 1 rings (SSSR count). The molecule has 0 aliphatic carbocycles. The Labute approximate surface area is 111 Å². The van der Waals surface area contributed by atoms with Crippen LogP contribution in [0, 0.1) is 11.3 Å². The second kappa shape index (κ2) is 5.90. The van der Waals surface area contributed by atoms with E-state index in [2.05, 4.69) is 0 Å². The van der Waals surface area contributed by atoms with E-state index in [9.17, 15) is 28.2 Å². The molecule has 0 fully saturated rings. The zero-order valence-corrected chi connectivity index (χ0v) is 9.92. The summed E-state index contributed by atoms with van der Waals surface area (Å²) >= 11 is 0. The Morgan fingerprint density at radius 2 is 1.90 bits per heavy atom. The van der Waals surface area contributed by atoms with E-state index in [1.807, 2.05) is 0 Å². The van der Waals surface area contributed by atoms with Crippen molar-refractivity contribution in [2.75, 3.05) is 0 Å². The van der Waals surface area contributed by atoms with Gasteiger partial charge in [-0.3, -0.25) is 0 Å². The fraction of sp³-hybridized carbons (Fsp3) is 0.333. The van der Waals surface area contributed by atoms with Crippen LogP contribution in [-0.4, -0.2) is 27.4 Å². The van der Waals surface area contributed by atoms with Gasteiger partial charge in [-0.2, -0.15) is 18.4 Å². The van der Waals surface area contributed by atoms with Crippen LogP contribution in [0.25, 0.3) is 0 Å². The van der Waals surface area contributed by atoms with E-state index in [0.717, 1.165) is 6.07 Å². The molecule has 0 heterocycles. The molecule has 0 radical (unpaired) electrons. The zero-order valence-electron chi connectivity index (χ0n) is 9.92. The predicted octanol–water partition coefficient (Wildman–Crippen LogP) is 1.71. The van der Waals surface area contributed by atoms with E-state index >= 15 is 0 Å². The molecule has 1 aromatic rings. The van der Waals surface area contributed by atoms with Gasteiger partial charge < -0.3 is 15.3 Å². The van der Waals surface area contributed by atoms with E-state index in [1.54, 1.807) is 6.07 Å². The molecule has 0 aliphatic rings. The largest absolute Gasteiger partial charge is 0.478 e. The van der Waals surface area contributed by atoms with Crippen molar-refractivity contribution in [3.05, 3.63) is 34.9 Å². The number of hydrogen-bond acceptors (Lipinski definition) is 4. The summed E-state index contributed by atoms with van der Waals surface area (Å²) in [6, 6.07) is 3.34. The van der Waals surface area contributed by atoms with Crippen molar-refractivity contribution in [2.24, 2.45) is 0 Å². The third-order valence-corrected chi connectivity index (χ3v) is 2.54. The number of carboxylic acids is 1. The molecule has 0 bridgehead atoms. The number of nitrogens with zero attached hydrogens (tertiary/aromatic N) is 1. The number of aromatic carboxylic acids is 1. The highest BCUT2D eigenvalue weighted by Gasteiger charge is 2.33. The second-order valence-electron chi connectivity index (χ2n) is 4.02. The minimum Gasteiger partial charge on any atom is -0.478 e. The number of nitriles is 1. The Morgan fingerprint density at radius 3 is 2.35 bits per heavy atom. The first-order chi connectivity index (χ1) is 9.16. The lowest BCUT2D eigenvalue weighted by Gasteiger charge is -2.18. The van der Waals surface area contributed by atoms with E-state index in [1.165, 1.54) is 0 Å². The molecular weight excluding hydrogens is 279 g/mol. The minimum atomic E-state index is -4.79. The summed E-state index contributed by atoms with van der Waals surface area (Å²) in [4.78, 5) is 10.8. The average molecular weight is 289 g/mol. The van der Waals surface area contributed by atoms with Crippen LogP contribution in [0.1, 0.15) is 34.0 Å². The van der Waals surface area contributed by atoms with Gasteiger partial charge in [-0.25, -0.2) is 4.79 Å². The molecule has 108 valence electrons. The maximum absolute atomic E-state index is 12.6. The first kappa shape index (κ1) is 15.9. The first-order valence-electron chi connectivity index (χ1n) is 5.35. The van der Waals surface area contributed by atoms with Crippen molar-refractivity contribution in [1.29, 1.82) is 5.26 Å². The molecule has 2 atom stereocenters. The molecule has 3 N–H and O–H groups in total. The number of rotatable bonds is 4. The molecule has 8 heteroatoms. The van der Waals surface area contributed by atoms with Crippen molar-refractivity contribution < 1.29 is 33.3 Å². The fourth-order valence-corrected chi connectivity index (χ4v) is 1.54. The Morgan fingerprint density at radius 1 is 1.30 bits per heavy atom. The van der Waals surface area contributed by atoms with Crippen LogP contribution in [-0.2, 0) is 6.18 Å². The topological polar surface area (TPSA) is 102 Å². The van der Waals surface area contributed by atoms with Crippen LogP contribution in [0.3, 0.4) is 0 Å². The summed E-state index contributed by atoms with van der Waals surface area (Å²) in [6.45, 7) is 0. The van der Waals surface area contributed by atoms with E-state index in [4.69, 9.17) is 10.4 Å². The van der Waals surface area contributed by atoms with Gasteiger partial charge in [0.25, 0.3) is 0 Å². The van der Waals surface area contributed by atoms with Crippen LogP contribution >= 0.6 is 0 Å². The Balaban J connectivity index is 3.29. The minimum absolute atomic E-state index is 0.417. The van der Waals surface area contributed by atoms with Crippen molar-refractivity contribution in [1.82, 2.24) is 0 Å². The summed E-state index contributed by atoms with van der Waals surface area (Å²) in [6.07, 6.45) is -8.68. The quantitative estimate of drug-likeness (QED) is 0.783. The zero-order chi connectivity index (χ0) is 15.5. The van der Waals surface area contributed by atoms with Crippen molar-refractivity contribution >= 4 is 5.97 Å². The van der Waals surface area contributed by atoms with Gasteiger partial charge >= 0.3 is 12.1 Å². The van der Waals surface area contributed by atoms with Crippen molar-refractivity contribution in [2.45, 2.75) is 24.8 Å². The molecular formula is C12H10F3NO4. The van der Waals surface area contributed by atoms with Gasteiger partial charge in [0.05, 0.1) is 29.7 Å². The number of aliphatic hydroxyl groups excluding tert-OH is 2. The molecule has 0 amide bonds. The SMILES string of the molecule is N#CCC(O)C(O)c1cc(C(=O)O)cc(C(F)(F)F)c1. The number of carboxylic acid groups (broad SMARTS) is 1. The highest BCUT2D eigenvalue weighted by molar-refractivity contribution is 5.88. The Hall–Kier alpha value is -2.11. The summed E-state index contributed by atoms with van der Waals surface area (Å²) in [5, 5.41) is 36.2. The van der Waals surface area contributed by atoms with Gasteiger partial charge in [-0.1, -0.05) is 0 Å². The normalized spacial score (nSPS) is 14.4. The maximum Gasteiger partial charge on any atom is 0.416 e. The maximum atomic E-state index is 12.6. The molecule has 1 aromatic carbocycles. The van der Waals surface area contributed by atoms with E-state index < -0.39 is 47.5 Å². The lowest BCUT2D eigenvalue weighted by Crippen LogP contribution is -2.19. The third-order valence-electron chi connectivity index (χ3n) is 2.54. The highest BCUT2D eigenvalue weighted by Crippen LogP contribution is 2.32. The molecule has 0 saturated heterocycles. The van der Waals surface area contributed by atoms with Crippen molar-refractivity contribution in [3.63, 3.8) is 0 Å². The Bertz CT molecular complexity index is 551. The molecule has 5 nitrogen and oxygen atoms in total. The summed E-state index contributed by atoms with van der Waals surface area (Å²) in [5.41, 5.74) is -2.34. The van der Waals surface area contributed by atoms with Gasteiger partial charge in [0.1, 0.15) is 6.10 Å². The van der Waals surface area contributed by atoms with Gasteiger partial charge in [0.15, 0.2) is 0 Å². The smallest absolute Gasteiger partial charge is 0.416 e. The third kappa shape index (κ3) is 3.69. The Kier molecular flexibility index (Phi) is 4.70. The van der Waals surface area contributed by atoms with Crippen LogP contribution in [0.2, 0.25) is 0 Å². The summed E-state index contributed by atoms with van der Waals surface area (Å²) < 4.78 is 37.9. The van der Waals surface area contributed by atoms with Gasteiger partial charge in [0, 0.05) is 0 Å². The summed E-state index contributed by atoms with van der Waals surface area (Å²) in [7, 11) is 0. The molecule has 0 aliphatic heterocycles. The standard InChI is InChI=1S/C12H10F3NO4/c13-12(14,15)8-4-6(3-7(5-8)11(19)20)10(18)9(17)1-2-16/h3-5,9-10,17-18H,1H2,(H,19,20). The molecule has 2 unspecified atom stereocenters. The van der Waals surface area contributed by atoms with E-state index in [0.29, 0.717) is 12.1 Å². The van der Waals surface area contributed by atoms with Crippen LogP contribution in [0.15, 0.2) is 18.2 Å². The average Bonchev–Trinajstić information content (AvgIpc) is 2.36. The van der Waals surface area contributed by atoms with E-state index in [-0.39, 0.29) is 0 Å². The van der Waals surface area contributed by atoms with Gasteiger partial charge in [-0.05, 0) is 23.8 Å².